The number of aryl methyl sites for hydroxylation is 1. The van der Waals surface area contributed by atoms with E-state index in [1.165, 1.54) is 6.08 Å². The highest BCUT2D eigenvalue weighted by molar-refractivity contribution is 9.10. The van der Waals surface area contributed by atoms with Crippen LogP contribution in [-0.2, 0) is 16.1 Å². The van der Waals surface area contributed by atoms with E-state index in [0.717, 1.165) is 21.2 Å². The molecule has 0 atom stereocenters. The molecule has 0 aliphatic heterocycles. The molecule has 0 N–H and O–H groups in total. The van der Waals surface area contributed by atoms with Gasteiger partial charge in [-0.05, 0) is 42.8 Å². The third-order valence-corrected chi connectivity index (χ3v) is 3.91. The molecular formula is C19H15BrN2O3. The number of carbonyl (C=O) groups is 1. The van der Waals surface area contributed by atoms with Crippen molar-refractivity contribution in [3.05, 3.63) is 76.1 Å². The molecular weight excluding hydrogens is 384 g/mol. The van der Waals surface area contributed by atoms with Crippen molar-refractivity contribution >= 4 is 28.0 Å². The quantitative estimate of drug-likeness (QED) is 0.465. The van der Waals surface area contributed by atoms with E-state index < -0.39 is 5.97 Å². The smallest absolute Gasteiger partial charge is 0.331 e. The number of benzene rings is 2. The molecule has 0 saturated carbocycles. The normalized spacial score (nSPS) is 11.0. The first-order valence-corrected chi connectivity index (χ1v) is 8.39. The SMILES string of the molecule is Cc1ccc(/C=C/C(=O)OCc2nnc(-c3ccc(Br)cc3)o2)cc1. The fourth-order valence-electron chi connectivity index (χ4n) is 2.04. The van der Waals surface area contributed by atoms with E-state index in [1.807, 2.05) is 55.5 Å². The van der Waals surface area contributed by atoms with Gasteiger partial charge in [-0.25, -0.2) is 4.79 Å². The summed E-state index contributed by atoms with van der Waals surface area (Å²) in [5.41, 5.74) is 2.89. The van der Waals surface area contributed by atoms with Crippen molar-refractivity contribution in [3.8, 4) is 11.5 Å². The Kier molecular flexibility index (Phi) is 5.40. The van der Waals surface area contributed by atoms with E-state index in [-0.39, 0.29) is 12.5 Å². The van der Waals surface area contributed by atoms with E-state index in [2.05, 4.69) is 26.1 Å². The van der Waals surface area contributed by atoms with Crippen LogP contribution in [0.2, 0.25) is 0 Å². The van der Waals surface area contributed by atoms with Crippen LogP contribution in [0.25, 0.3) is 17.5 Å². The highest BCUT2D eigenvalue weighted by Gasteiger charge is 2.10. The minimum atomic E-state index is -0.469. The highest BCUT2D eigenvalue weighted by Crippen LogP contribution is 2.20. The summed E-state index contributed by atoms with van der Waals surface area (Å²) < 4.78 is 11.6. The number of esters is 1. The van der Waals surface area contributed by atoms with E-state index in [9.17, 15) is 4.79 Å². The molecule has 25 heavy (non-hydrogen) atoms. The molecule has 0 radical (unpaired) electrons. The summed E-state index contributed by atoms with van der Waals surface area (Å²) in [5.74, 6) is 0.160. The van der Waals surface area contributed by atoms with Crippen molar-refractivity contribution in [1.82, 2.24) is 10.2 Å². The summed E-state index contributed by atoms with van der Waals surface area (Å²) in [4.78, 5) is 11.8. The van der Waals surface area contributed by atoms with Gasteiger partial charge in [0.1, 0.15) is 0 Å². The van der Waals surface area contributed by atoms with Gasteiger partial charge in [-0.15, -0.1) is 10.2 Å². The Morgan fingerprint density at radius 1 is 1.12 bits per heavy atom. The molecule has 6 heteroatoms. The van der Waals surface area contributed by atoms with Crippen LogP contribution in [0.4, 0.5) is 0 Å². The lowest BCUT2D eigenvalue weighted by Crippen LogP contribution is -2.00. The van der Waals surface area contributed by atoms with Crippen LogP contribution in [0.15, 0.2) is 63.5 Å². The lowest BCUT2D eigenvalue weighted by Gasteiger charge is -1.98. The highest BCUT2D eigenvalue weighted by atomic mass is 79.9. The van der Waals surface area contributed by atoms with Gasteiger partial charge in [0, 0.05) is 16.1 Å². The summed E-state index contributed by atoms with van der Waals surface area (Å²) >= 11 is 3.37. The molecule has 0 bridgehead atoms. The molecule has 0 fully saturated rings. The second-order valence-electron chi connectivity index (χ2n) is 5.36. The second-order valence-corrected chi connectivity index (χ2v) is 6.28. The summed E-state index contributed by atoms with van der Waals surface area (Å²) in [6.45, 7) is 1.94. The largest absolute Gasteiger partial charge is 0.452 e. The topological polar surface area (TPSA) is 65.2 Å². The maximum Gasteiger partial charge on any atom is 0.331 e. The summed E-state index contributed by atoms with van der Waals surface area (Å²) in [7, 11) is 0. The zero-order valence-electron chi connectivity index (χ0n) is 13.5. The van der Waals surface area contributed by atoms with Crippen molar-refractivity contribution in [2.75, 3.05) is 0 Å². The Bertz CT molecular complexity index is 884. The van der Waals surface area contributed by atoms with Crippen molar-refractivity contribution in [2.24, 2.45) is 0 Å². The number of ether oxygens (including phenoxy) is 1. The van der Waals surface area contributed by atoms with Crippen LogP contribution in [0.3, 0.4) is 0 Å². The van der Waals surface area contributed by atoms with Gasteiger partial charge in [0.15, 0.2) is 6.61 Å². The van der Waals surface area contributed by atoms with Gasteiger partial charge in [0.25, 0.3) is 5.89 Å². The molecule has 0 unspecified atom stereocenters. The van der Waals surface area contributed by atoms with Crippen LogP contribution in [-0.4, -0.2) is 16.2 Å². The maximum atomic E-state index is 11.8. The zero-order valence-corrected chi connectivity index (χ0v) is 15.1. The van der Waals surface area contributed by atoms with E-state index in [4.69, 9.17) is 9.15 Å². The van der Waals surface area contributed by atoms with Gasteiger partial charge in [-0.2, -0.15) is 0 Å². The average molecular weight is 399 g/mol. The molecule has 2 aromatic carbocycles. The Hall–Kier alpha value is -2.73. The van der Waals surface area contributed by atoms with Crippen molar-refractivity contribution in [3.63, 3.8) is 0 Å². The van der Waals surface area contributed by atoms with Crippen molar-refractivity contribution in [1.29, 1.82) is 0 Å². The van der Waals surface area contributed by atoms with Crippen LogP contribution in [0.5, 0.6) is 0 Å². The number of carbonyl (C=O) groups excluding carboxylic acids is 1. The molecule has 126 valence electrons. The molecule has 0 saturated heterocycles. The van der Waals surface area contributed by atoms with Gasteiger partial charge in [-0.1, -0.05) is 45.8 Å². The van der Waals surface area contributed by atoms with Crippen LogP contribution in [0, 0.1) is 6.92 Å². The Balaban J connectivity index is 1.55. The number of hydrogen-bond donors (Lipinski definition) is 0. The first-order valence-electron chi connectivity index (χ1n) is 7.60. The molecule has 3 rings (SSSR count). The van der Waals surface area contributed by atoms with Gasteiger partial charge >= 0.3 is 5.97 Å². The number of halogens is 1. The molecule has 0 spiro atoms. The van der Waals surface area contributed by atoms with E-state index in [1.54, 1.807) is 6.08 Å². The summed E-state index contributed by atoms with van der Waals surface area (Å²) in [5, 5.41) is 7.84. The maximum absolute atomic E-state index is 11.8. The van der Waals surface area contributed by atoms with Crippen LogP contribution < -0.4 is 0 Å². The fraction of sp³-hybridized carbons (Fsp3) is 0.105. The Labute approximate surface area is 153 Å². The lowest BCUT2D eigenvalue weighted by molar-refractivity contribution is -0.139. The zero-order chi connectivity index (χ0) is 17.6. The lowest BCUT2D eigenvalue weighted by atomic mass is 10.1. The van der Waals surface area contributed by atoms with E-state index in [0.29, 0.717) is 5.89 Å². The minimum absolute atomic E-state index is 0.0689. The second kappa shape index (κ2) is 7.90. The summed E-state index contributed by atoms with van der Waals surface area (Å²) in [6.07, 6.45) is 3.07. The van der Waals surface area contributed by atoms with Crippen molar-refractivity contribution in [2.45, 2.75) is 13.5 Å². The first kappa shape index (κ1) is 17.1. The molecule has 0 amide bonds. The molecule has 1 aromatic heterocycles. The molecule has 3 aromatic rings. The summed E-state index contributed by atoms with van der Waals surface area (Å²) in [6, 6.07) is 15.3. The molecule has 5 nitrogen and oxygen atoms in total. The molecule has 1 heterocycles. The van der Waals surface area contributed by atoms with Crippen LogP contribution >= 0.6 is 15.9 Å². The predicted molar refractivity (Wildman–Crippen MR) is 97.4 cm³/mol. The Morgan fingerprint density at radius 3 is 2.56 bits per heavy atom. The minimum Gasteiger partial charge on any atom is -0.452 e. The van der Waals surface area contributed by atoms with E-state index >= 15 is 0 Å². The third kappa shape index (κ3) is 4.87. The van der Waals surface area contributed by atoms with Gasteiger partial charge in [-0.3, -0.25) is 0 Å². The monoisotopic (exact) mass is 398 g/mol. The predicted octanol–water partition coefficient (Wildman–Crippen LogP) is 4.56. The van der Waals surface area contributed by atoms with Gasteiger partial charge in [0.05, 0.1) is 0 Å². The number of rotatable bonds is 5. The Morgan fingerprint density at radius 2 is 1.84 bits per heavy atom. The first-order chi connectivity index (χ1) is 12.1. The number of hydrogen-bond acceptors (Lipinski definition) is 5. The standard InChI is InChI=1S/C19H15BrN2O3/c1-13-2-4-14(5-3-13)6-11-18(23)24-12-17-21-22-19(25-17)15-7-9-16(20)10-8-15/h2-11H,12H2,1H3/b11-6+. The number of nitrogens with zero attached hydrogens (tertiary/aromatic N) is 2. The van der Waals surface area contributed by atoms with Crippen molar-refractivity contribution < 1.29 is 13.9 Å². The third-order valence-electron chi connectivity index (χ3n) is 3.39. The molecule has 0 aliphatic carbocycles. The molecule has 0 aliphatic rings. The average Bonchev–Trinajstić information content (AvgIpc) is 3.09. The number of aromatic nitrogens is 2. The van der Waals surface area contributed by atoms with Gasteiger partial charge in [0.2, 0.25) is 5.89 Å². The van der Waals surface area contributed by atoms with Crippen LogP contribution in [0.1, 0.15) is 17.0 Å². The fourth-order valence-corrected chi connectivity index (χ4v) is 2.31. The van der Waals surface area contributed by atoms with Gasteiger partial charge < -0.3 is 9.15 Å².